The normalized spacial score (nSPS) is 10.9. The fourth-order valence-electron chi connectivity index (χ4n) is 2.03. The van der Waals surface area contributed by atoms with Crippen molar-refractivity contribution in [3.63, 3.8) is 0 Å². The van der Waals surface area contributed by atoms with Crippen LogP contribution in [-0.2, 0) is 14.8 Å². The number of sulfonamides is 1. The van der Waals surface area contributed by atoms with Crippen molar-refractivity contribution in [2.45, 2.75) is 11.8 Å². The average Bonchev–Trinajstić information content (AvgIpc) is 2.65. The molecule has 0 aliphatic carbocycles. The predicted octanol–water partition coefficient (Wildman–Crippen LogP) is 1.47. The van der Waals surface area contributed by atoms with Crippen molar-refractivity contribution in [1.29, 1.82) is 0 Å². The van der Waals surface area contributed by atoms with Gasteiger partial charge in [-0.15, -0.1) is 0 Å². The van der Waals surface area contributed by atoms with Crippen LogP contribution in [-0.4, -0.2) is 25.8 Å². The summed E-state index contributed by atoms with van der Waals surface area (Å²) >= 11 is 0. The first-order valence-corrected chi connectivity index (χ1v) is 9.22. The van der Waals surface area contributed by atoms with E-state index in [9.17, 15) is 23.3 Å². The second kappa shape index (κ2) is 8.43. The van der Waals surface area contributed by atoms with Crippen LogP contribution in [0.2, 0.25) is 0 Å². The number of amides is 1. The minimum absolute atomic E-state index is 0.0508. The van der Waals surface area contributed by atoms with E-state index in [-0.39, 0.29) is 16.3 Å². The molecule has 0 unspecified atom stereocenters. The fraction of sp³-hybridized carbons (Fsp3) is 0.118. The summed E-state index contributed by atoms with van der Waals surface area (Å²) in [6.07, 6.45) is 0. The predicted molar refractivity (Wildman–Crippen MR) is 99.8 cm³/mol. The lowest BCUT2D eigenvalue weighted by atomic mass is 10.1. The molecule has 0 bridgehead atoms. The summed E-state index contributed by atoms with van der Waals surface area (Å²) in [6.45, 7) is 5.01. The monoisotopic (exact) mass is 390 g/mol. The highest BCUT2D eigenvalue weighted by atomic mass is 32.2. The average molecular weight is 390 g/mol. The maximum absolute atomic E-state index is 12.1. The van der Waals surface area contributed by atoms with Crippen LogP contribution in [0.4, 0.5) is 5.69 Å². The second-order valence-corrected chi connectivity index (χ2v) is 7.36. The van der Waals surface area contributed by atoms with Crippen molar-refractivity contribution in [3.8, 4) is 0 Å². The highest BCUT2D eigenvalue weighted by molar-refractivity contribution is 7.89. The van der Waals surface area contributed by atoms with E-state index in [4.69, 9.17) is 0 Å². The zero-order valence-corrected chi connectivity index (χ0v) is 15.2. The molecule has 0 aliphatic rings. The number of aryl methyl sites for hydroxylation is 1. The standard InChI is InChI=1S/C17H18N4O5S/c1-12-6-8-16(9-7-12)27(25,26)18-11-17(22)20-19-13(2)14-4-3-5-15(10-14)21(23)24/h3-10,18-19H,2,11H2,1H3,(H,20,22). The lowest BCUT2D eigenvalue weighted by Crippen LogP contribution is -2.42. The van der Waals surface area contributed by atoms with E-state index in [0.717, 1.165) is 5.56 Å². The highest BCUT2D eigenvalue weighted by Crippen LogP contribution is 2.17. The number of nitrogens with zero attached hydrogens (tertiary/aromatic N) is 1. The first kappa shape index (κ1) is 20.1. The Labute approximate surface area is 156 Å². The summed E-state index contributed by atoms with van der Waals surface area (Å²) < 4.78 is 26.4. The van der Waals surface area contributed by atoms with E-state index >= 15 is 0 Å². The van der Waals surface area contributed by atoms with Crippen molar-refractivity contribution in [2.24, 2.45) is 0 Å². The number of hydrogen-bond donors (Lipinski definition) is 3. The highest BCUT2D eigenvalue weighted by Gasteiger charge is 2.15. The smallest absolute Gasteiger partial charge is 0.270 e. The SMILES string of the molecule is C=C(NNC(=O)CNS(=O)(=O)c1ccc(C)cc1)c1cccc([N+](=O)[O-])c1. The summed E-state index contributed by atoms with van der Waals surface area (Å²) in [6, 6.07) is 11.9. The van der Waals surface area contributed by atoms with Crippen molar-refractivity contribution < 1.29 is 18.1 Å². The molecule has 2 aromatic carbocycles. The number of benzene rings is 2. The molecule has 2 aromatic rings. The maximum Gasteiger partial charge on any atom is 0.270 e. The summed E-state index contributed by atoms with van der Waals surface area (Å²) in [5, 5.41) is 10.8. The van der Waals surface area contributed by atoms with Gasteiger partial charge in [0.1, 0.15) is 0 Å². The zero-order valence-electron chi connectivity index (χ0n) is 14.4. The maximum atomic E-state index is 12.1. The lowest BCUT2D eigenvalue weighted by molar-refractivity contribution is -0.384. The van der Waals surface area contributed by atoms with Gasteiger partial charge < -0.3 is 0 Å². The van der Waals surface area contributed by atoms with Crippen LogP contribution in [0.1, 0.15) is 11.1 Å². The number of non-ortho nitro benzene ring substituents is 1. The van der Waals surface area contributed by atoms with Gasteiger partial charge in [-0.2, -0.15) is 0 Å². The largest absolute Gasteiger partial charge is 0.299 e. The minimum atomic E-state index is -3.81. The van der Waals surface area contributed by atoms with Crippen LogP contribution in [0.15, 0.2) is 60.0 Å². The molecule has 0 saturated carbocycles. The molecule has 0 spiro atoms. The molecule has 0 heterocycles. The topological polar surface area (TPSA) is 130 Å². The van der Waals surface area contributed by atoms with Gasteiger partial charge in [0.25, 0.3) is 11.6 Å². The third kappa shape index (κ3) is 5.62. The molecule has 142 valence electrons. The Hall–Kier alpha value is -3.24. The molecule has 2 rings (SSSR count). The third-order valence-corrected chi connectivity index (χ3v) is 4.93. The van der Waals surface area contributed by atoms with Crippen molar-refractivity contribution in [2.75, 3.05) is 6.54 Å². The van der Waals surface area contributed by atoms with Crippen molar-refractivity contribution in [3.05, 3.63) is 76.4 Å². The molecule has 0 radical (unpaired) electrons. The van der Waals surface area contributed by atoms with E-state index in [1.807, 2.05) is 6.92 Å². The van der Waals surface area contributed by atoms with Gasteiger partial charge in [0.05, 0.1) is 22.1 Å². The van der Waals surface area contributed by atoms with E-state index in [1.165, 1.54) is 30.3 Å². The second-order valence-electron chi connectivity index (χ2n) is 5.60. The molecule has 0 saturated heterocycles. The van der Waals surface area contributed by atoms with Crippen LogP contribution in [0.5, 0.6) is 0 Å². The number of hydrazine groups is 1. The Morgan fingerprint density at radius 2 is 1.81 bits per heavy atom. The van der Waals surface area contributed by atoms with Crippen LogP contribution >= 0.6 is 0 Å². The summed E-state index contributed by atoms with van der Waals surface area (Å²) in [7, 11) is -3.81. The third-order valence-electron chi connectivity index (χ3n) is 3.51. The van der Waals surface area contributed by atoms with Crippen LogP contribution < -0.4 is 15.6 Å². The first-order chi connectivity index (χ1) is 12.7. The molecule has 3 N–H and O–H groups in total. The van der Waals surface area contributed by atoms with Crippen molar-refractivity contribution >= 4 is 27.3 Å². The molecular weight excluding hydrogens is 372 g/mol. The van der Waals surface area contributed by atoms with Gasteiger partial charge in [-0.3, -0.25) is 25.8 Å². The quantitative estimate of drug-likeness (QED) is 0.462. The molecule has 0 atom stereocenters. The summed E-state index contributed by atoms with van der Waals surface area (Å²) in [4.78, 5) is 22.1. The van der Waals surface area contributed by atoms with Gasteiger partial charge >= 0.3 is 0 Å². The molecular formula is C17H18N4O5S. The van der Waals surface area contributed by atoms with Gasteiger partial charge in [0, 0.05) is 17.7 Å². The molecule has 10 heteroatoms. The number of rotatable bonds is 8. The molecule has 9 nitrogen and oxygen atoms in total. The number of nitro benzene ring substituents is 1. The molecule has 0 fully saturated rings. The van der Waals surface area contributed by atoms with Crippen LogP contribution in [0, 0.1) is 17.0 Å². The first-order valence-electron chi connectivity index (χ1n) is 7.74. The Kier molecular flexibility index (Phi) is 6.27. The van der Waals surface area contributed by atoms with Crippen molar-refractivity contribution in [1.82, 2.24) is 15.6 Å². The minimum Gasteiger partial charge on any atom is -0.299 e. The number of hydrogen-bond acceptors (Lipinski definition) is 6. The van der Waals surface area contributed by atoms with Crippen LogP contribution in [0.25, 0.3) is 5.70 Å². The van der Waals surface area contributed by atoms with E-state index in [1.54, 1.807) is 18.2 Å². The molecule has 0 aromatic heterocycles. The zero-order chi connectivity index (χ0) is 20.0. The summed E-state index contributed by atoms with van der Waals surface area (Å²) in [5.41, 5.74) is 6.19. The molecule has 0 aliphatic heterocycles. The Morgan fingerprint density at radius 3 is 2.44 bits per heavy atom. The lowest BCUT2D eigenvalue weighted by Gasteiger charge is -2.12. The fourth-order valence-corrected chi connectivity index (χ4v) is 3.01. The van der Waals surface area contributed by atoms with Gasteiger partial charge in [-0.1, -0.05) is 36.4 Å². The number of nitrogens with one attached hydrogen (secondary N) is 3. The van der Waals surface area contributed by atoms with Gasteiger partial charge in [0.15, 0.2) is 0 Å². The Bertz CT molecular complexity index is 971. The number of carbonyl (C=O) groups is 1. The van der Waals surface area contributed by atoms with Gasteiger partial charge in [-0.25, -0.2) is 13.1 Å². The van der Waals surface area contributed by atoms with Crippen LogP contribution in [0.3, 0.4) is 0 Å². The Morgan fingerprint density at radius 1 is 1.15 bits per heavy atom. The summed E-state index contributed by atoms with van der Waals surface area (Å²) in [5.74, 6) is -0.655. The van der Waals surface area contributed by atoms with Gasteiger partial charge in [-0.05, 0) is 19.1 Å². The number of carbonyl (C=O) groups excluding carboxylic acids is 1. The number of nitro groups is 1. The molecule has 27 heavy (non-hydrogen) atoms. The van der Waals surface area contributed by atoms with E-state index < -0.39 is 27.4 Å². The van der Waals surface area contributed by atoms with Gasteiger partial charge in [0.2, 0.25) is 10.0 Å². The Balaban J connectivity index is 1.89. The van der Waals surface area contributed by atoms with E-state index in [2.05, 4.69) is 22.2 Å². The molecule has 1 amide bonds. The van der Waals surface area contributed by atoms with E-state index in [0.29, 0.717) is 5.56 Å².